The standard InChI is InChI=1S/C31H32F3N5O3S/c1-42-22-14-11-21(12-15-22)19-39-28(41)26-27(36-29(39)38-18-6-10-25(38)31(32,33)34)43-30(35-26)37-17-5-9-23(37)24(40)16-13-20-7-3-2-4-8-20/h2-4,7-8,11-12,14-15,23,25H,5-6,9-10,13,16-19H2,1H3/t23-,25-/m1/s1. The van der Waals surface area contributed by atoms with Crippen LogP contribution in [0.15, 0.2) is 59.4 Å². The molecular weight excluding hydrogens is 579 g/mol. The number of carbonyl (C=O) groups excluding carboxylic acids is 1. The molecular formula is C31H32F3N5O3S. The molecule has 6 rings (SSSR count). The fourth-order valence-electron chi connectivity index (χ4n) is 6.04. The van der Waals surface area contributed by atoms with Crippen molar-refractivity contribution in [2.75, 3.05) is 30.0 Å². The van der Waals surface area contributed by atoms with E-state index in [9.17, 15) is 22.8 Å². The van der Waals surface area contributed by atoms with Crippen molar-refractivity contribution in [3.05, 3.63) is 76.1 Å². The number of rotatable bonds is 9. The molecule has 2 aromatic carbocycles. The van der Waals surface area contributed by atoms with Gasteiger partial charge >= 0.3 is 6.18 Å². The van der Waals surface area contributed by atoms with Gasteiger partial charge in [0.15, 0.2) is 21.3 Å². The van der Waals surface area contributed by atoms with E-state index in [1.165, 1.54) is 9.47 Å². The number of carbonyl (C=O) groups is 1. The molecule has 0 saturated carbocycles. The van der Waals surface area contributed by atoms with Crippen LogP contribution in [0, 0.1) is 0 Å². The fourth-order valence-corrected chi connectivity index (χ4v) is 7.04. The maximum Gasteiger partial charge on any atom is 0.408 e. The average molecular weight is 612 g/mol. The van der Waals surface area contributed by atoms with Crippen LogP contribution in [0.5, 0.6) is 5.75 Å². The Kier molecular flexibility index (Phi) is 8.13. The summed E-state index contributed by atoms with van der Waals surface area (Å²) in [6.45, 7) is 0.774. The van der Waals surface area contributed by atoms with E-state index >= 15 is 0 Å². The molecule has 0 N–H and O–H groups in total. The van der Waals surface area contributed by atoms with Crippen molar-refractivity contribution in [2.24, 2.45) is 0 Å². The zero-order valence-electron chi connectivity index (χ0n) is 23.7. The van der Waals surface area contributed by atoms with Gasteiger partial charge in [0.05, 0.1) is 19.7 Å². The van der Waals surface area contributed by atoms with Gasteiger partial charge in [-0.25, -0.2) is 9.97 Å². The topological polar surface area (TPSA) is 80.6 Å². The lowest BCUT2D eigenvalue weighted by Crippen LogP contribution is -2.44. The fraction of sp³-hybridized carbons (Fsp3) is 0.419. The lowest BCUT2D eigenvalue weighted by Gasteiger charge is -2.29. The zero-order chi connectivity index (χ0) is 30.1. The predicted octanol–water partition coefficient (Wildman–Crippen LogP) is 5.61. The first kappa shape index (κ1) is 29.2. The molecule has 2 aliphatic rings. The Labute approximate surface area is 250 Å². The number of ether oxygens (including phenoxy) is 1. The monoisotopic (exact) mass is 611 g/mol. The second kappa shape index (κ2) is 12.0. The van der Waals surface area contributed by atoms with Crippen LogP contribution in [0.4, 0.5) is 24.3 Å². The minimum absolute atomic E-state index is 0.0137. The highest BCUT2D eigenvalue weighted by Crippen LogP contribution is 2.37. The Morgan fingerprint density at radius 2 is 1.70 bits per heavy atom. The first-order valence-corrected chi connectivity index (χ1v) is 15.3. The highest BCUT2D eigenvalue weighted by atomic mass is 32.1. The minimum Gasteiger partial charge on any atom is -0.497 e. The predicted molar refractivity (Wildman–Crippen MR) is 160 cm³/mol. The number of methoxy groups -OCH3 is 1. The quantitative estimate of drug-likeness (QED) is 0.243. The van der Waals surface area contributed by atoms with Gasteiger partial charge in [-0.05, 0) is 55.4 Å². The molecule has 4 heterocycles. The number of hydrogen-bond acceptors (Lipinski definition) is 8. The number of aryl methyl sites for hydroxylation is 1. The van der Waals surface area contributed by atoms with Crippen LogP contribution in [-0.4, -0.2) is 58.8 Å². The van der Waals surface area contributed by atoms with Gasteiger partial charge in [0.2, 0.25) is 5.95 Å². The lowest BCUT2D eigenvalue weighted by atomic mass is 10.0. The SMILES string of the molecule is COc1ccc(Cn2c(N3CCC[C@@H]3C(F)(F)F)nc3sc(N4CCC[C@@H]4C(=O)CCc4ccccc4)nc3c2=O)cc1. The number of hydrogen-bond donors (Lipinski definition) is 0. The molecule has 0 radical (unpaired) electrons. The maximum atomic E-state index is 14.0. The van der Waals surface area contributed by atoms with Crippen LogP contribution in [0.2, 0.25) is 0 Å². The molecule has 2 aromatic heterocycles. The summed E-state index contributed by atoms with van der Waals surface area (Å²) in [5.74, 6) is 0.723. The van der Waals surface area contributed by atoms with Gasteiger partial charge in [-0.1, -0.05) is 53.8 Å². The lowest BCUT2D eigenvalue weighted by molar-refractivity contribution is -0.146. The summed E-state index contributed by atoms with van der Waals surface area (Å²) in [6.07, 6.45) is -1.66. The normalized spacial score (nSPS) is 19.0. The first-order chi connectivity index (χ1) is 20.7. The number of Topliss-reactive ketones (excluding diaryl/α,β-unsaturated/α-hetero) is 1. The number of nitrogens with zero attached hydrogens (tertiary/aromatic N) is 5. The molecule has 4 aromatic rings. The Morgan fingerprint density at radius 1 is 0.977 bits per heavy atom. The average Bonchev–Trinajstić information content (AvgIpc) is 3.77. The van der Waals surface area contributed by atoms with E-state index in [-0.39, 0.29) is 47.6 Å². The highest BCUT2D eigenvalue weighted by molar-refractivity contribution is 7.21. The van der Waals surface area contributed by atoms with Crippen LogP contribution < -0.4 is 20.1 Å². The Balaban J connectivity index is 1.35. The molecule has 2 saturated heterocycles. The van der Waals surface area contributed by atoms with Gasteiger partial charge in [0.25, 0.3) is 5.56 Å². The molecule has 2 fully saturated rings. The summed E-state index contributed by atoms with van der Waals surface area (Å²) in [6, 6.07) is 14.8. The van der Waals surface area contributed by atoms with Gasteiger partial charge in [0, 0.05) is 19.5 Å². The maximum absolute atomic E-state index is 14.0. The number of aromatic nitrogens is 3. The van der Waals surface area contributed by atoms with Crippen LogP contribution >= 0.6 is 11.3 Å². The molecule has 0 unspecified atom stereocenters. The molecule has 8 nitrogen and oxygen atoms in total. The van der Waals surface area contributed by atoms with E-state index in [1.807, 2.05) is 35.2 Å². The van der Waals surface area contributed by atoms with E-state index in [1.54, 1.807) is 31.4 Å². The number of thiazole rings is 1. The number of halogens is 3. The summed E-state index contributed by atoms with van der Waals surface area (Å²) in [5, 5.41) is 0.497. The van der Waals surface area contributed by atoms with Gasteiger partial charge < -0.3 is 14.5 Å². The summed E-state index contributed by atoms with van der Waals surface area (Å²) >= 11 is 1.16. The Hall–Kier alpha value is -3.93. The van der Waals surface area contributed by atoms with Gasteiger partial charge in [0.1, 0.15) is 11.8 Å². The van der Waals surface area contributed by atoms with E-state index in [0.29, 0.717) is 48.7 Å². The third kappa shape index (κ3) is 5.97. The van der Waals surface area contributed by atoms with Crippen molar-refractivity contribution in [3.8, 4) is 5.75 Å². The largest absolute Gasteiger partial charge is 0.497 e. The van der Waals surface area contributed by atoms with Crippen LogP contribution in [0.25, 0.3) is 10.3 Å². The number of alkyl halides is 3. The Morgan fingerprint density at radius 3 is 2.42 bits per heavy atom. The molecule has 12 heteroatoms. The first-order valence-electron chi connectivity index (χ1n) is 14.4. The van der Waals surface area contributed by atoms with Crippen LogP contribution in [0.3, 0.4) is 0 Å². The van der Waals surface area contributed by atoms with Gasteiger partial charge in [-0.15, -0.1) is 0 Å². The van der Waals surface area contributed by atoms with Crippen molar-refractivity contribution in [1.29, 1.82) is 0 Å². The number of benzene rings is 2. The molecule has 0 amide bonds. The summed E-state index contributed by atoms with van der Waals surface area (Å²) in [7, 11) is 1.54. The molecule has 226 valence electrons. The van der Waals surface area contributed by atoms with Crippen molar-refractivity contribution in [2.45, 2.75) is 63.3 Å². The van der Waals surface area contributed by atoms with Crippen LogP contribution in [0.1, 0.15) is 43.2 Å². The molecule has 0 bridgehead atoms. The van der Waals surface area contributed by atoms with E-state index in [4.69, 9.17) is 4.74 Å². The number of ketones is 1. The number of fused-ring (bicyclic) bond motifs is 1. The second-order valence-corrected chi connectivity index (χ2v) is 12.0. The third-order valence-corrected chi connectivity index (χ3v) is 9.24. The molecule has 0 aliphatic carbocycles. The molecule has 0 spiro atoms. The molecule has 2 aliphatic heterocycles. The summed E-state index contributed by atoms with van der Waals surface area (Å²) in [5.41, 5.74) is 1.40. The summed E-state index contributed by atoms with van der Waals surface area (Å²) in [4.78, 5) is 39.9. The smallest absolute Gasteiger partial charge is 0.408 e. The van der Waals surface area contributed by atoms with Crippen LogP contribution in [-0.2, 0) is 17.8 Å². The molecule has 2 atom stereocenters. The second-order valence-electron chi connectivity index (χ2n) is 11.0. The van der Waals surface area contributed by atoms with E-state index < -0.39 is 17.8 Å². The van der Waals surface area contributed by atoms with Gasteiger partial charge in [-0.3, -0.25) is 14.2 Å². The zero-order valence-corrected chi connectivity index (χ0v) is 24.5. The molecule has 43 heavy (non-hydrogen) atoms. The number of anilines is 2. The highest BCUT2D eigenvalue weighted by Gasteiger charge is 2.47. The van der Waals surface area contributed by atoms with Gasteiger partial charge in [-0.2, -0.15) is 13.2 Å². The van der Waals surface area contributed by atoms with Crippen molar-refractivity contribution in [3.63, 3.8) is 0 Å². The Bertz CT molecular complexity index is 1660. The minimum atomic E-state index is -4.46. The van der Waals surface area contributed by atoms with E-state index in [2.05, 4.69) is 9.97 Å². The third-order valence-electron chi connectivity index (χ3n) is 8.25. The van der Waals surface area contributed by atoms with Crippen molar-refractivity contribution >= 4 is 38.5 Å². The van der Waals surface area contributed by atoms with Crippen molar-refractivity contribution in [1.82, 2.24) is 14.5 Å². The van der Waals surface area contributed by atoms with E-state index in [0.717, 1.165) is 23.3 Å². The van der Waals surface area contributed by atoms with Crippen molar-refractivity contribution < 1.29 is 22.7 Å². The summed E-state index contributed by atoms with van der Waals surface area (Å²) < 4.78 is 48.6.